The van der Waals surface area contributed by atoms with Crippen LogP contribution in [0, 0.1) is 46.8 Å². The minimum atomic E-state index is -0.552. The molecule has 6 aliphatic rings. The van der Waals surface area contributed by atoms with Gasteiger partial charge in [-0.25, -0.2) is 15.0 Å². The predicted octanol–water partition coefficient (Wildman–Crippen LogP) is 15.3. The topological polar surface area (TPSA) is 62.5 Å². The molecule has 0 N–H and O–H groups in total. The van der Waals surface area contributed by atoms with Crippen LogP contribution in [0.5, 0.6) is 0 Å². The van der Waals surface area contributed by atoms with Crippen LogP contribution < -0.4 is 0 Å². The van der Waals surface area contributed by atoms with Gasteiger partial charge in [-0.3, -0.25) is 0 Å². The molecule has 13 rings (SSSR count). The van der Waals surface area contributed by atoms with Gasteiger partial charge in [-0.1, -0.05) is 143 Å². The van der Waals surface area contributed by atoms with Crippen molar-refractivity contribution in [2.24, 2.45) is 35.5 Å². The molecular formula is C63H60N4. The number of nitriles is 1. The Morgan fingerprint density at radius 2 is 0.836 bits per heavy atom. The third-order valence-corrected chi connectivity index (χ3v) is 17.9. The molecule has 1 aromatic heterocycles. The molecule has 4 fully saturated rings. The van der Waals surface area contributed by atoms with E-state index in [1.807, 2.05) is 6.07 Å². The molecule has 6 aromatic carbocycles. The van der Waals surface area contributed by atoms with Crippen LogP contribution in [-0.4, -0.2) is 15.0 Å². The zero-order chi connectivity index (χ0) is 45.2. The van der Waals surface area contributed by atoms with Crippen LogP contribution in [0.3, 0.4) is 0 Å². The van der Waals surface area contributed by atoms with E-state index in [0.29, 0.717) is 23.0 Å². The number of fused-ring (bicyclic) bond motifs is 14. The van der Waals surface area contributed by atoms with E-state index in [0.717, 1.165) is 63.3 Å². The Kier molecular flexibility index (Phi) is 9.29. The van der Waals surface area contributed by atoms with Gasteiger partial charge in [0.05, 0.1) is 17.0 Å². The van der Waals surface area contributed by atoms with E-state index in [1.165, 1.54) is 109 Å². The van der Waals surface area contributed by atoms with E-state index in [9.17, 15) is 5.26 Å². The average molecular weight is 873 g/mol. The second kappa shape index (κ2) is 15.2. The summed E-state index contributed by atoms with van der Waals surface area (Å²) in [5.41, 5.74) is 16.3. The first-order valence-corrected chi connectivity index (χ1v) is 25.5. The fourth-order valence-electron chi connectivity index (χ4n) is 16.2. The lowest BCUT2D eigenvalue weighted by Gasteiger charge is -2.50. The molecule has 0 saturated heterocycles. The first-order valence-electron chi connectivity index (χ1n) is 25.5. The minimum Gasteiger partial charge on any atom is -0.208 e. The van der Waals surface area contributed by atoms with Crippen LogP contribution in [0.15, 0.2) is 133 Å². The Hall–Kier alpha value is -6.18. The Morgan fingerprint density at radius 1 is 0.418 bits per heavy atom. The van der Waals surface area contributed by atoms with Crippen molar-refractivity contribution >= 4 is 0 Å². The van der Waals surface area contributed by atoms with Crippen molar-refractivity contribution in [3.63, 3.8) is 0 Å². The molecule has 4 heteroatoms. The van der Waals surface area contributed by atoms with Gasteiger partial charge in [0.15, 0.2) is 17.5 Å². The third kappa shape index (κ3) is 6.32. The smallest absolute Gasteiger partial charge is 0.164 e. The standard InChI is InChI=1S/C63H60N4/c1-38-25-43-26-39(2)32-61(31-38,35-43)48-19-14-45(15-20-48)58-65-59(46-16-21-49(22-17-46)62-33-40(3)27-44(36-62)28-41(4)34-62)67-60(66-58)47-18-23-52-53-29-42(37-64)13-24-56(53)63(57(52)30-47)54-11-7-5-9-50(54)51-10-6-8-12-55(51)63/h5-24,29-30,38-41,43-44H,25-28,31-36H2,1-4H3/t38-,39+,40-,41+,43-,44-,61?,62?. The Balaban J connectivity index is 0.964. The summed E-state index contributed by atoms with van der Waals surface area (Å²) in [5.74, 6) is 6.78. The molecule has 8 atom stereocenters. The maximum atomic E-state index is 10.1. The maximum Gasteiger partial charge on any atom is 0.164 e. The van der Waals surface area contributed by atoms with E-state index < -0.39 is 5.41 Å². The molecule has 67 heavy (non-hydrogen) atoms. The number of aromatic nitrogens is 3. The van der Waals surface area contributed by atoms with Gasteiger partial charge in [0.2, 0.25) is 0 Å². The molecule has 0 amide bonds. The van der Waals surface area contributed by atoms with Gasteiger partial charge in [0.25, 0.3) is 0 Å². The van der Waals surface area contributed by atoms with Crippen LogP contribution in [-0.2, 0) is 16.2 Å². The predicted molar refractivity (Wildman–Crippen MR) is 270 cm³/mol. The molecular weight excluding hydrogens is 813 g/mol. The maximum absolute atomic E-state index is 10.1. The number of hydrogen-bond donors (Lipinski definition) is 0. The molecule has 1 heterocycles. The van der Waals surface area contributed by atoms with Crippen molar-refractivity contribution in [2.75, 3.05) is 0 Å². The molecule has 7 aromatic rings. The summed E-state index contributed by atoms with van der Waals surface area (Å²) in [6.45, 7) is 9.89. The SMILES string of the molecule is C[C@@H]1C[C@@H]2C[C@H](C)CC(c3ccc(-c4nc(-c5ccc(C67C[C@H](C)C[C@H](C[C@H](C)C6)C7)cc5)nc(-c5ccc6c(c5)C5(c7ccccc7-c7ccccc75)c5ccc(C#N)cc5-6)n4)cc3)(C1)C2. The lowest BCUT2D eigenvalue weighted by molar-refractivity contribution is 0.0779. The molecule has 4 saturated carbocycles. The second-order valence-electron chi connectivity index (χ2n) is 22.8. The van der Waals surface area contributed by atoms with Gasteiger partial charge in [-0.05, 0) is 184 Å². The molecule has 4 bridgehead atoms. The number of benzene rings is 6. The second-order valence-corrected chi connectivity index (χ2v) is 22.8. The van der Waals surface area contributed by atoms with Crippen LogP contribution in [0.1, 0.15) is 131 Å². The highest BCUT2D eigenvalue weighted by atomic mass is 15.0. The van der Waals surface area contributed by atoms with E-state index >= 15 is 0 Å². The van der Waals surface area contributed by atoms with Gasteiger partial charge in [-0.2, -0.15) is 5.26 Å². The summed E-state index contributed by atoms with van der Waals surface area (Å²) in [6, 6.07) is 52.1. The highest BCUT2D eigenvalue weighted by molar-refractivity contribution is 5.96. The lowest BCUT2D eigenvalue weighted by atomic mass is 9.54. The fourth-order valence-corrected chi connectivity index (χ4v) is 16.2. The molecule has 332 valence electrons. The number of nitrogens with zero attached hydrogens (tertiary/aromatic N) is 4. The first-order chi connectivity index (χ1) is 32.6. The quantitative estimate of drug-likeness (QED) is 0.173. The fraction of sp³-hybridized carbons (Fsp3) is 0.365. The molecule has 1 spiro atoms. The highest BCUT2D eigenvalue weighted by Gasteiger charge is 2.52. The monoisotopic (exact) mass is 872 g/mol. The highest BCUT2D eigenvalue weighted by Crippen LogP contribution is 2.63. The minimum absolute atomic E-state index is 0.255. The Bertz CT molecular complexity index is 2970. The molecule has 2 unspecified atom stereocenters. The van der Waals surface area contributed by atoms with Crippen molar-refractivity contribution in [1.82, 2.24) is 15.0 Å². The van der Waals surface area contributed by atoms with Crippen molar-refractivity contribution in [3.05, 3.63) is 172 Å². The summed E-state index contributed by atoms with van der Waals surface area (Å²) in [5, 5.41) is 10.1. The van der Waals surface area contributed by atoms with Gasteiger partial charge in [0, 0.05) is 16.7 Å². The summed E-state index contributed by atoms with van der Waals surface area (Å²) in [7, 11) is 0. The summed E-state index contributed by atoms with van der Waals surface area (Å²) in [4.78, 5) is 16.2. The van der Waals surface area contributed by atoms with Crippen LogP contribution in [0.2, 0.25) is 0 Å². The van der Waals surface area contributed by atoms with Crippen molar-refractivity contribution < 1.29 is 0 Å². The normalized spacial score (nSPS) is 28.2. The number of rotatable bonds is 5. The molecule has 0 aliphatic heterocycles. The van der Waals surface area contributed by atoms with Crippen molar-refractivity contribution in [3.8, 4) is 62.5 Å². The van der Waals surface area contributed by atoms with Crippen LogP contribution in [0.25, 0.3) is 56.4 Å². The zero-order valence-corrected chi connectivity index (χ0v) is 39.5. The van der Waals surface area contributed by atoms with Gasteiger partial charge >= 0.3 is 0 Å². The Labute approximate surface area is 397 Å². The third-order valence-electron chi connectivity index (χ3n) is 17.9. The first kappa shape index (κ1) is 41.0. The van der Waals surface area contributed by atoms with Crippen molar-refractivity contribution in [1.29, 1.82) is 5.26 Å². The van der Waals surface area contributed by atoms with E-state index in [4.69, 9.17) is 15.0 Å². The van der Waals surface area contributed by atoms with Gasteiger partial charge in [0.1, 0.15) is 0 Å². The van der Waals surface area contributed by atoms with Crippen molar-refractivity contribution in [2.45, 2.75) is 108 Å². The van der Waals surface area contributed by atoms with Gasteiger partial charge in [-0.15, -0.1) is 0 Å². The molecule has 0 radical (unpaired) electrons. The van der Waals surface area contributed by atoms with Crippen LogP contribution in [0.4, 0.5) is 0 Å². The largest absolute Gasteiger partial charge is 0.208 e. The summed E-state index contributed by atoms with van der Waals surface area (Å²) in [6.07, 6.45) is 13.2. The molecule has 6 aliphatic carbocycles. The lowest BCUT2D eigenvalue weighted by Crippen LogP contribution is -2.42. The average Bonchev–Trinajstić information content (AvgIpc) is 3.79. The van der Waals surface area contributed by atoms with E-state index in [2.05, 4.69) is 161 Å². The van der Waals surface area contributed by atoms with E-state index in [-0.39, 0.29) is 10.8 Å². The molecule has 4 nitrogen and oxygen atoms in total. The van der Waals surface area contributed by atoms with Gasteiger partial charge < -0.3 is 0 Å². The summed E-state index contributed by atoms with van der Waals surface area (Å²) < 4.78 is 0. The Morgan fingerprint density at radius 3 is 1.31 bits per heavy atom. The van der Waals surface area contributed by atoms with Crippen LogP contribution >= 0.6 is 0 Å². The number of hydrogen-bond acceptors (Lipinski definition) is 4. The summed E-state index contributed by atoms with van der Waals surface area (Å²) >= 11 is 0. The van der Waals surface area contributed by atoms with E-state index in [1.54, 1.807) is 0 Å². The zero-order valence-electron chi connectivity index (χ0n) is 39.5.